The van der Waals surface area contributed by atoms with E-state index in [0.717, 1.165) is 24.6 Å². The smallest absolute Gasteiger partial charge is 0.338 e. The molecule has 0 heterocycles. The van der Waals surface area contributed by atoms with Crippen molar-refractivity contribution < 1.29 is 19.4 Å². The molecule has 0 saturated carbocycles. The number of non-ortho nitro benzene ring substituents is 2. The zero-order valence-corrected chi connectivity index (χ0v) is 15.0. The number of esters is 1. The van der Waals surface area contributed by atoms with Crippen molar-refractivity contribution in [3.05, 3.63) is 79.9 Å². The SMILES string of the molecule is C[C@H](COC(=O)c1cc([N+](=O)[O-])cc([N+](=O)[O-])c1)C[C@@H](C)c1ccccc1. The number of hydrogen-bond acceptors (Lipinski definition) is 6. The maximum Gasteiger partial charge on any atom is 0.338 e. The van der Waals surface area contributed by atoms with Crippen molar-refractivity contribution in [3.63, 3.8) is 0 Å². The molecule has 142 valence electrons. The Kier molecular flexibility index (Phi) is 6.59. The van der Waals surface area contributed by atoms with Crippen LogP contribution in [0.2, 0.25) is 0 Å². The summed E-state index contributed by atoms with van der Waals surface area (Å²) in [5.41, 5.74) is -0.0759. The average Bonchev–Trinajstić information content (AvgIpc) is 2.66. The highest BCUT2D eigenvalue weighted by Gasteiger charge is 2.21. The van der Waals surface area contributed by atoms with Crippen LogP contribution in [0.1, 0.15) is 42.1 Å². The van der Waals surface area contributed by atoms with Crippen molar-refractivity contribution in [2.24, 2.45) is 5.92 Å². The number of nitrogens with zero attached hydrogens (tertiary/aromatic N) is 2. The molecule has 0 fully saturated rings. The van der Waals surface area contributed by atoms with Gasteiger partial charge in [-0.1, -0.05) is 44.2 Å². The molecule has 8 nitrogen and oxygen atoms in total. The first-order valence-corrected chi connectivity index (χ1v) is 8.44. The van der Waals surface area contributed by atoms with Gasteiger partial charge in [-0.05, 0) is 23.8 Å². The lowest BCUT2D eigenvalue weighted by atomic mass is 9.91. The Hall–Kier alpha value is -3.29. The van der Waals surface area contributed by atoms with E-state index in [1.807, 2.05) is 37.3 Å². The minimum atomic E-state index is -0.819. The van der Waals surface area contributed by atoms with Crippen molar-refractivity contribution >= 4 is 17.3 Å². The fourth-order valence-electron chi connectivity index (χ4n) is 2.81. The van der Waals surface area contributed by atoms with Crippen LogP contribution in [0, 0.1) is 26.1 Å². The fourth-order valence-corrected chi connectivity index (χ4v) is 2.81. The highest BCUT2D eigenvalue weighted by molar-refractivity contribution is 5.91. The summed E-state index contributed by atoms with van der Waals surface area (Å²) in [6.45, 7) is 4.13. The first-order valence-electron chi connectivity index (χ1n) is 8.44. The van der Waals surface area contributed by atoms with Gasteiger partial charge in [-0.3, -0.25) is 20.2 Å². The third-order valence-electron chi connectivity index (χ3n) is 4.18. The van der Waals surface area contributed by atoms with E-state index in [4.69, 9.17) is 4.74 Å². The number of ether oxygens (including phenoxy) is 1. The Bertz CT molecular complexity index is 805. The Labute approximate surface area is 156 Å². The number of benzene rings is 2. The van der Waals surface area contributed by atoms with Gasteiger partial charge in [-0.15, -0.1) is 0 Å². The van der Waals surface area contributed by atoms with E-state index in [9.17, 15) is 25.0 Å². The molecule has 0 bridgehead atoms. The number of nitro groups is 2. The molecule has 0 radical (unpaired) electrons. The maximum absolute atomic E-state index is 12.2. The molecule has 27 heavy (non-hydrogen) atoms. The maximum atomic E-state index is 12.2. The summed E-state index contributed by atoms with van der Waals surface area (Å²) in [7, 11) is 0. The van der Waals surface area contributed by atoms with Gasteiger partial charge >= 0.3 is 5.97 Å². The highest BCUT2D eigenvalue weighted by Crippen LogP contribution is 2.25. The summed E-state index contributed by atoms with van der Waals surface area (Å²) in [4.78, 5) is 32.4. The molecular weight excluding hydrogens is 352 g/mol. The minimum Gasteiger partial charge on any atom is -0.462 e. The highest BCUT2D eigenvalue weighted by atomic mass is 16.6. The van der Waals surface area contributed by atoms with Crippen molar-refractivity contribution in [2.75, 3.05) is 6.61 Å². The van der Waals surface area contributed by atoms with E-state index in [1.54, 1.807) is 0 Å². The van der Waals surface area contributed by atoms with Gasteiger partial charge in [-0.25, -0.2) is 4.79 Å². The lowest BCUT2D eigenvalue weighted by molar-refractivity contribution is -0.394. The summed E-state index contributed by atoms with van der Waals surface area (Å²) in [6.07, 6.45) is 0.784. The molecule has 0 saturated heterocycles. The molecule has 0 aliphatic carbocycles. The molecule has 0 spiro atoms. The second-order valence-electron chi connectivity index (χ2n) is 6.50. The van der Waals surface area contributed by atoms with Gasteiger partial charge in [0.25, 0.3) is 11.4 Å². The lowest BCUT2D eigenvalue weighted by Gasteiger charge is -2.17. The van der Waals surface area contributed by atoms with Crippen LogP contribution in [0.25, 0.3) is 0 Å². The van der Waals surface area contributed by atoms with Crippen molar-refractivity contribution in [1.29, 1.82) is 0 Å². The molecular formula is C19H20N2O6. The minimum absolute atomic E-state index is 0.0536. The van der Waals surface area contributed by atoms with Crippen LogP contribution in [0.3, 0.4) is 0 Å². The van der Waals surface area contributed by atoms with Gasteiger partial charge in [-0.2, -0.15) is 0 Å². The van der Waals surface area contributed by atoms with Crippen LogP contribution in [-0.2, 0) is 4.74 Å². The normalized spacial score (nSPS) is 12.8. The molecule has 0 unspecified atom stereocenters. The first-order chi connectivity index (χ1) is 12.8. The number of carbonyl (C=O) groups is 1. The third kappa shape index (κ3) is 5.60. The predicted octanol–water partition coefficient (Wildman–Crippen LogP) is 4.49. The van der Waals surface area contributed by atoms with E-state index in [0.29, 0.717) is 0 Å². The summed E-state index contributed by atoms with van der Waals surface area (Å²) in [5, 5.41) is 21.8. The predicted molar refractivity (Wildman–Crippen MR) is 98.7 cm³/mol. The molecule has 8 heteroatoms. The van der Waals surface area contributed by atoms with Crippen molar-refractivity contribution in [1.82, 2.24) is 0 Å². The quantitative estimate of drug-likeness (QED) is 0.383. The van der Waals surface area contributed by atoms with E-state index >= 15 is 0 Å². The molecule has 2 atom stereocenters. The van der Waals surface area contributed by atoms with E-state index in [-0.39, 0.29) is 24.0 Å². The standard InChI is InChI=1S/C19H20N2O6/c1-13(8-14(2)15-6-4-3-5-7-15)12-27-19(22)16-9-17(20(23)24)11-18(10-16)21(25)26/h3-7,9-11,13-14H,8,12H2,1-2H3/t13-,14+/m0/s1. The molecule has 2 rings (SSSR count). The zero-order valence-electron chi connectivity index (χ0n) is 15.0. The number of carbonyl (C=O) groups excluding carboxylic acids is 1. The second kappa shape index (κ2) is 8.88. The number of hydrogen-bond donors (Lipinski definition) is 0. The molecule has 2 aromatic carbocycles. The largest absolute Gasteiger partial charge is 0.462 e. The second-order valence-corrected chi connectivity index (χ2v) is 6.50. The van der Waals surface area contributed by atoms with Crippen LogP contribution in [0.15, 0.2) is 48.5 Å². The van der Waals surface area contributed by atoms with Crippen molar-refractivity contribution in [2.45, 2.75) is 26.2 Å². The Morgan fingerprint density at radius 1 is 1.00 bits per heavy atom. The van der Waals surface area contributed by atoms with Gasteiger partial charge in [0, 0.05) is 12.1 Å². The lowest BCUT2D eigenvalue weighted by Crippen LogP contribution is -2.14. The molecule has 0 aromatic heterocycles. The topological polar surface area (TPSA) is 113 Å². The van der Waals surface area contributed by atoms with Gasteiger partial charge in [0.05, 0.1) is 28.1 Å². The average molecular weight is 372 g/mol. The Morgan fingerprint density at radius 2 is 1.56 bits per heavy atom. The first kappa shape index (κ1) is 20.0. The summed E-state index contributed by atoms with van der Waals surface area (Å²) < 4.78 is 5.21. The zero-order chi connectivity index (χ0) is 20.0. The van der Waals surface area contributed by atoms with E-state index in [1.165, 1.54) is 5.56 Å². The van der Waals surface area contributed by atoms with Crippen LogP contribution in [0.4, 0.5) is 11.4 Å². The van der Waals surface area contributed by atoms with E-state index < -0.39 is 27.2 Å². The van der Waals surface area contributed by atoms with Crippen LogP contribution in [0.5, 0.6) is 0 Å². The van der Waals surface area contributed by atoms with Crippen LogP contribution in [-0.4, -0.2) is 22.4 Å². The molecule has 0 N–H and O–H groups in total. The number of nitro benzene ring substituents is 2. The number of rotatable bonds is 8. The van der Waals surface area contributed by atoms with Gasteiger partial charge in [0.15, 0.2) is 0 Å². The summed E-state index contributed by atoms with van der Waals surface area (Å²) >= 11 is 0. The molecule has 0 aliphatic rings. The monoisotopic (exact) mass is 372 g/mol. The fraction of sp³-hybridized carbons (Fsp3) is 0.316. The molecule has 0 amide bonds. The summed E-state index contributed by atoms with van der Waals surface area (Å²) in [5.74, 6) is -0.488. The molecule has 0 aliphatic heterocycles. The van der Waals surface area contributed by atoms with Crippen LogP contribution < -0.4 is 0 Å². The third-order valence-corrected chi connectivity index (χ3v) is 4.18. The van der Waals surface area contributed by atoms with Gasteiger partial charge in [0.2, 0.25) is 0 Å². The molecule has 2 aromatic rings. The Balaban J connectivity index is 2.00. The van der Waals surface area contributed by atoms with Gasteiger partial charge < -0.3 is 4.74 Å². The van der Waals surface area contributed by atoms with Crippen LogP contribution >= 0.6 is 0 Å². The van der Waals surface area contributed by atoms with Gasteiger partial charge in [0.1, 0.15) is 0 Å². The van der Waals surface area contributed by atoms with E-state index in [2.05, 4.69) is 6.92 Å². The Morgan fingerprint density at radius 3 is 2.07 bits per heavy atom. The van der Waals surface area contributed by atoms with Crippen molar-refractivity contribution in [3.8, 4) is 0 Å². The summed E-state index contributed by atoms with van der Waals surface area (Å²) in [6, 6.07) is 12.7.